The number of piperidine rings is 1. The van der Waals surface area contributed by atoms with Crippen LogP contribution in [-0.2, 0) is 10.1 Å². The molecule has 1 aliphatic heterocycles. The lowest BCUT2D eigenvalue weighted by Crippen LogP contribution is -2.53. The van der Waals surface area contributed by atoms with Gasteiger partial charge < -0.3 is 9.63 Å². The molecule has 0 radical (unpaired) electrons. The molecule has 1 N–H and O–H groups in total. The minimum absolute atomic E-state index is 0.160. The Bertz CT molecular complexity index is 671. The van der Waals surface area contributed by atoms with E-state index in [-0.39, 0.29) is 5.04 Å². The largest absolute Gasteiger partial charge is 0.384 e. The van der Waals surface area contributed by atoms with Gasteiger partial charge in [-0.2, -0.15) is 5.06 Å². The van der Waals surface area contributed by atoms with Crippen molar-refractivity contribution in [1.82, 2.24) is 5.06 Å². The Kier molecular flexibility index (Phi) is 6.51. The maximum Gasteiger partial charge on any atom is 0.220 e. The van der Waals surface area contributed by atoms with Gasteiger partial charge in [-0.15, -0.1) is 0 Å². The van der Waals surface area contributed by atoms with Crippen LogP contribution in [-0.4, -0.2) is 39.7 Å². The van der Waals surface area contributed by atoms with Gasteiger partial charge in [-0.1, -0.05) is 84.1 Å². The zero-order valence-corrected chi connectivity index (χ0v) is 21.9. The summed E-state index contributed by atoms with van der Waals surface area (Å²) in [4.78, 5) is 0. The van der Waals surface area contributed by atoms with Gasteiger partial charge >= 0.3 is 0 Å². The third kappa shape index (κ3) is 4.81. The van der Waals surface area contributed by atoms with Crippen molar-refractivity contribution in [2.75, 3.05) is 13.1 Å². The highest BCUT2D eigenvalue weighted by molar-refractivity contribution is 6.92. The van der Waals surface area contributed by atoms with E-state index in [1.54, 1.807) is 0 Å². The van der Waals surface area contributed by atoms with Crippen LogP contribution >= 0.6 is 0 Å². The number of aliphatic hydroxyl groups is 1. The van der Waals surface area contributed by atoms with Crippen LogP contribution in [0.25, 0.3) is 0 Å². The van der Waals surface area contributed by atoms with E-state index in [0.717, 1.165) is 24.9 Å². The fourth-order valence-corrected chi connectivity index (χ4v) is 6.34. The van der Waals surface area contributed by atoms with Crippen LogP contribution in [0.3, 0.4) is 0 Å². The first kappa shape index (κ1) is 23.8. The van der Waals surface area contributed by atoms with Crippen LogP contribution < -0.4 is 5.19 Å². The number of nitrogens with zero attached hydrogens (tertiary/aromatic N) is 1. The molecule has 3 nitrogen and oxygen atoms in total. The molecule has 0 aliphatic carbocycles. The molecule has 0 saturated carbocycles. The number of benzene rings is 1. The Morgan fingerprint density at radius 1 is 0.929 bits per heavy atom. The first-order valence-electron chi connectivity index (χ1n) is 10.8. The molecule has 1 aromatic rings. The van der Waals surface area contributed by atoms with E-state index >= 15 is 0 Å². The first-order chi connectivity index (χ1) is 12.5. The highest BCUT2D eigenvalue weighted by atomic mass is 28.4. The summed E-state index contributed by atoms with van der Waals surface area (Å²) >= 11 is 0. The average molecular weight is 422 g/mol. The molecule has 1 unspecified atom stereocenters. The van der Waals surface area contributed by atoms with Crippen LogP contribution in [0.5, 0.6) is 0 Å². The molecule has 0 spiro atoms. The Labute approximate surface area is 175 Å². The highest BCUT2D eigenvalue weighted by Gasteiger charge is 2.43. The molecule has 0 amide bonds. The summed E-state index contributed by atoms with van der Waals surface area (Å²) in [5.41, 5.74) is 0.200. The average Bonchev–Trinajstić information content (AvgIpc) is 2.52. The zero-order valence-electron chi connectivity index (χ0n) is 19.9. The zero-order chi connectivity index (χ0) is 21.6. The predicted octanol–water partition coefficient (Wildman–Crippen LogP) is 5.62. The molecule has 2 rings (SSSR count). The van der Waals surface area contributed by atoms with Crippen LogP contribution in [0.1, 0.15) is 59.9 Å². The van der Waals surface area contributed by atoms with Crippen molar-refractivity contribution >= 4 is 21.6 Å². The summed E-state index contributed by atoms with van der Waals surface area (Å²) < 4.78 is 6.50. The van der Waals surface area contributed by atoms with Crippen molar-refractivity contribution in [2.45, 2.75) is 96.2 Å². The second kappa shape index (κ2) is 7.66. The lowest BCUT2D eigenvalue weighted by molar-refractivity contribution is -0.156. The Morgan fingerprint density at radius 2 is 1.46 bits per heavy atom. The van der Waals surface area contributed by atoms with Crippen LogP contribution in [0.15, 0.2) is 24.3 Å². The fraction of sp³-hybridized carbons (Fsp3) is 0.739. The second-order valence-electron chi connectivity index (χ2n) is 11.8. The van der Waals surface area contributed by atoms with E-state index in [2.05, 4.69) is 92.0 Å². The standard InChI is InChI=1S/C23H43NO2Si2/c1-21(2,3)27(7,8)20-14-12-19(13-15-20)23(25)16-11-17-24(18-23)26-28(9,10)22(4,5)6/h12-15,25H,11,16-18H2,1-10H3. The summed E-state index contributed by atoms with van der Waals surface area (Å²) in [6.07, 6.45) is 1.75. The van der Waals surface area contributed by atoms with Gasteiger partial charge in [-0.05, 0) is 41.6 Å². The molecular weight excluding hydrogens is 378 g/mol. The van der Waals surface area contributed by atoms with Crippen molar-refractivity contribution in [3.8, 4) is 0 Å². The molecule has 1 atom stereocenters. The van der Waals surface area contributed by atoms with E-state index in [4.69, 9.17) is 4.53 Å². The van der Waals surface area contributed by atoms with Gasteiger partial charge in [0.2, 0.25) is 8.32 Å². The van der Waals surface area contributed by atoms with Crippen molar-refractivity contribution in [1.29, 1.82) is 0 Å². The first-order valence-corrected chi connectivity index (χ1v) is 16.7. The molecule has 1 heterocycles. The van der Waals surface area contributed by atoms with E-state index in [1.807, 2.05) is 5.06 Å². The summed E-state index contributed by atoms with van der Waals surface area (Å²) in [5.74, 6) is 0. The van der Waals surface area contributed by atoms with Gasteiger partial charge in [0.05, 0.1) is 14.6 Å². The summed E-state index contributed by atoms with van der Waals surface area (Å²) in [6, 6.07) is 8.84. The van der Waals surface area contributed by atoms with Crippen molar-refractivity contribution in [2.24, 2.45) is 0 Å². The maximum atomic E-state index is 11.5. The third-order valence-corrected chi connectivity index (χ3v) is 17.5. The SMILES string of the molecule is CC(C)(C)[Si](C)(C)ON1CCCC(O)(c2ccc([Si](C)(C)C(C)(C)C)cc2)C1. The normalized spacial score (nSPS) is 23.1. The highest BCUT2D eigenvalue weighted by Crippen LogP contribution is 2.40. The molecule has 0 aromatic heterocycles. The van der Waals surface area contributed by atoms with Gasteiger partial charge in [0.15, 0.2) is 0 Å². The number of hydrogen-bond donors (Lipinski definition) is 1. The number of rotatable bonds is 4. The quantitative estimate of drug-likeness (QED) is 0.640. The summed E-state index contributed by atoms with van der Waals surface area (Å²) in [5, 5.41) is 15.4. The van der Waals surface area contributed by atoms with Crippen LogP contribution in [0, 0.1) is 0 Å². The molecule has 28 heavy (non-hydrogen) atoms. The molecule has 160 valence electrons. The molecule has 0 bridgehead atoms. The van der Waals surface area contributed by atoms with E-state index < -0.39 is 22.0 Å². The van der Waals surface area contributed by atoms with Crippen molar-refractivity contribution < 1.29 is 9.63 Å². The fourth-order valence-electron chi connectivity index (χ4n) is 3.40. The van der Waals surface area contributed by atoms with E-state index in [9.17, 15) is 5.11 Å². The third-order valence-electron chi connectivity index (χ3n) is 7.62. The molecule has 1 fully saturated rings. The smallest absolute Gasteiger partial charge is 0.220 e. The Balaban J connectivity index is 2.20. The van der Waals surface area contributed by atoms with Gasteiger partial charge in [0.1, 0.15) is 5.60 Å². The predicted molar refractivity (Wildman–Crippen MR) is 126 cm³/mol. The number of β-amino-alcohol motifs (C(OH)–C–C–N with tert-alkyl or cyclic N) is 1. The van der Waals surface area contributed by atoms with Crippen LogP contribution in [0.4, 0.5) is 0 Å². The van der Waals surface area contributed by atoms with Crippen LogP contribution in [0.2, 0.25) is 36.3 Å². The molecule has 1 saturated heterocycles. The lowest BCUT2D eigenvalue weighted by atomic mass is 9.86. The topological polar surface area (TPSA) is 32.7 Å². The van der Waals surface area contributed by atoms with Gasteiger partial charge in [0, 0.05) is 6.54 Å². The van der Waals surface area contributed by atoms with E-state index in [0.29, 0.717) is 11.6 Å². The van der Waals surface area contributed by atoms with Crippen molar-refractivity contribution in [3.05, 3.63) is 29.8 Å². The number of hydroxylamine groups is 2. The molecular formula is C23H43NO2Si2. The monoisotopic (exact) mass is 421 g/mol. The van der Waals surface area contributed by atoms with Gasteiger partial charge in [-0.3, -0.25) is 0 Å². The Hall–Kier alpha value is -0.466. The molecule has 1 aromatic carbocycles. The maximum absolute atomic E-state index is 11.5. The van der Waals surface area contributed by atoms with E-state index in [1.165, 1.54) is 5.19 Å². The number of hydrogen-bond acceptors (Lipinski definition) is 3. The summed E-state index contributed by atoms with van der Waals surface area (Å²) in [7, 11) is -3.45. The lowest BCUT2D eigenvalue weighted by Gasteiger charge is -2.45. The Morgan fingerprint density at radius 3 is 1.93 bits per heavy atom. The minimum atomic E-state index is -1.89. The van der Waals surface area contributed by atoms with Gasteiger partial charge in [-0.25, -0.2) is 0 Å². The van der Waals surface area contributed by atoms with Crippen molar-refractivity contribution in [3.63, 3.8) is 0 Å². The second-order valence-corrected chi connectivity index (χ2v) is 21.8. The minimum Gasteiger partial charge on any atom is -0.384 e. The molecule has 5 heteroatoms. The summed E-state index contributed by atoms with van der Waals surface area (Å²) in [6.45, 7) is 24.7. The molecule has 1 aliphatic rings. The van der Waals surface area contributed by atoms with Gasteiger partial charge in [0.25, 0.3) is 0 Å².